The fourth-order valence-corrected chi connectivity index (χ4v) is 3.09. The lowest BCUT2D eigenvalue weighted by Crippen LogP contribution is -2.26. The summed E-state index contributed by atoms with van der Waals surface area (Å²) in [5, 5.41) is 14.1. The summed E-state index contributed by atoms with van der Waals surface area (Å²) in [7, 11) is 0. The monoisotopic (exact) mass is 319 g/mol. The Morgan fingerprint density at radius 2 is 2.09 bits per heavy atom. The lowest BCUT2D eigenvalue weighted by Gasteiger charge is -2.14. The Kier molecular flexibility index (Phi) is 6.06. The van der Waals surface area contributed by atoms with E-state index in [2.05, 4.69) is 36.1 Å². The molecule has 0 aliphatic heterocycles. The number of rotatable bonds is 7. The third-order valence-electron chi connectivity index (χ3n) is 3.41. The molecule has 120 valence electrons. The number of hydrogen-bond donors (Lipinski definition) is 2. The van der Waals surface area contributed by atoms with E-state index in [1.807, 2.05) is 24.4 Å². The average molecular weight is 319 g/mol. The van der Waals surface area contributed by atoms with Gasteiger partial charge in [0.2, 0.25) is 0 Å². The van der Waals surface area contributed by atoms with Crippen LogP contribution < -0.4 is 5.32 Å². The number of nitrogens with zero attached hydrogens (tertiary/aromatic N) is 2. The highest BCUT2D eigenvalue weighted by molar-refractivity contribution is 7.11. The lowest BCUT2D eigenvalue weighted by molar-refractivity contribution is 0.221. The van der Waals surface area contributed by atoms with Crippen molar-refractivity contribution >= 4 is 11.3 Å². The minimum atomic E-state index is 0.107. The van der Waals surface area contributed by atoms with E-state index in [0.29, 0.717) is 0 Å². The molecule has 1 unspecified atom stereocenters. The van der Waals surface area contributed by atoms with Gasteiger partial charge < -0.3 is 10.4 Å². The highest BCUT2D eigenvalue weighted by Gasteiger charge is 2.18. The number of aliphatic hydroxyl groups is 1. The maximum absolute atomic E-state index is 9.52. The van der Waals surface area contributed by atoms with Gasteiger partial charge in [0.25, 0.3) is 0 Å². The number of hydrogen-bond acceptors (Lipinski definition) is 5. The molecule has 2 heterocycles. The van der Waals surface area contributed by atoms with Crippen molar-refractivity contribution in [2.24, 2.45) is 5.92 Å². The summed E-state index contributed by atoms with van der Waals surface area (Å²) in [6.45, 7) is 8.27. The maximum Gasteiger partial charge on any atom is 0.0981 e. The van der Waals surface area contributed by atoms with Gasteiger partial charge in [-0.15, -0.1) is 11.3 Å². The van der Waals surface area contributed by atoms with Crippen molar-refractivity contribution in [1.29, 1.82) is 0 Å². The molecule has 0 saturated heterocycles. The summed E-state index contributed by atoms with van der Waals surface area (Å²) in [6.07, 6.45) is 4.54. The van der Waals surface area contributed by atoms with E-state index in [0.717, 1.165) is 30.2 Å². The zero-order valence-corrected chi connectivity index (χ0v) is 14.4. The third-order valence-corrected chi connectivity index (χ3v) is 4.83. The number of nitrogens with one attached hydrogen (secondary N) is 1. The summed E-state index contributed by atoms with van der Waals surface area (Å²) in [5.74, 6) is 0.185. The number of pyridine rings is 1. The van der Waals surface area contributed by atoms with Crippen LogP contribution in [0.15, 0.2) is 30.6 Å². The molecule has 0 aliphatic carbocycles. The van der Waals surface area contributed by atoms with Gasteiger partial charge in [-0.1, -0.05) is 26.8 Å². The first-order chi connectivity index (χ1) is 10.5. The Bertz CT molecular complexity index is 563. The number of aromatic nitrogens is 2. The molecule has 2 aromatic heterocycles. The van der Waals surface area contributed by atoms with Crippen LogP contribution in [0.4, 0.5) is 0 Å². The van der Waals surface area contributed by atoms with E-state index >= 15 is 0 Å². The molecule has 4 nitrogen and oxygen atoms in total. The molecule has 0 saturated carbocycles. The van der Waals surface area contributed by atoms with E-state index in [1.165, 1.54) is 4.88 Å². The number of thiazole rings is 1. The topological polar surface area (TPSA) is 58.0 Å². The van der Waals surface area contributed by atoms with Gasteiger partial charge in [-0.25, -0.2) is 4.98 Å². The predicted molar refractivity (Wildman–Crippen MR) is 91.0 cm³/mol. The Hall–Kier alpha value is -1.30. The molecule has 0 radical (unpaired) electrons. The molecule has 0 aromatic carbocycles. The van der Waals surface area contributed by atoms with E-state index in [9.17, 15) is 5.11 Å². The van der Waals surface area contributed by atoms with E-state index in [1.54, 1.807) is 17.5 Å². The molecule has 0 spiro atoms. The maximum atomic E-state index is 9.52. The molecular formula is C17H25N3OS. The molecule has 22 heavy (non-hydrogen) atoms. The number of aliphatic hydroxyl groups excluding tert-OH is 1. The minimum absolute atomic E-state index is 0.107. The van der Waals surface area contributed by atoms with Gasteiger partial charge in [0.05, 0.1) is 5.01 Å². The summed E-state index contributed by atoms with van der Waals surface area (Å²) in [4.78, 5) is 10.0. The summed E-state index contributed by atoms with van der Waals surface area (Å²) in [5.41, 5.74) is 1.13. The van der Waals surface area contributed by atoms with Crippen molar-refractivity contribution in [2.45, 2.75) is 39.2 Å². The van der Waals surface area contributed by atoms with Crippen LogP contribution in [0.3, 0.4) is 0 Å². The van der Waals surface area contributed by atoms with Gasteiger partial charge in [0.1, 0.15) is 0 Å². The van der Waals surface area contributed by atoms with Gasteiger partial charge >= 0.3 is 0 Å². The third kappa shape index (κ3) is 5.16. The second-order valence-electron chi connectivity index (χ2n) is 6.59. The van der Waals surface area contributed by atoms with Gasteiger partial charge in [0, 0.05) is 48.1 Å². The summed E-state index contributed by atoms with van der Waals surface area (Å²) in [6, 6.07) is 5.89. The average Bonchev–Trinajstić information content (AvgIpc) is 2.96. The largest absolute Gasteiger partial charge is 0.396 e. The van der Waals surface area contributed by atoms with Crippen LogP contribution in [-0.2, 0) is 18.4 Å². The molecular weight excluding hydrogens is 294 g/mol. The van der Waals surface area contributed by atoms with Crippen molar-refractivity contribution in [3.05, 3.63) is 46.2 Å². The second kappa shape index (κ2) is 7.81. The standard InChI is InChI=1S/C17H25N3OS/c1-17(2,3)16-20-11-15(22-16)10-18-9-13(12-21)8-14-6-4-5-7-19-14/h4-7,11,13,18,21H,8-10,12H2,1-3H3. The van der Waals surface area contributed by atoms with Crippen molar-refractivity contribution < 1.29 is 5.11 Å². The van der Waals surface area contributed by atoms with Crippen LogP contribution in [0, 0.1) is 5.92 Å². The fraction of sp³-hybridized carbons (Fsp3) is 0.529. The summed E-state index contributed by atoms with van der Waals surface area (Å²) < 4.78 is 0. The zero-order valence-electron chi connectivity index (χ0n) is 13.5. The van der Waals surface area contributed by atoms with Gasteiger partial charge in [0.15, 0.2) is 0 Å². The van der Waals surface area contributed by atoms with Gasteiger partial charge in [-0.05, 0) is 24.5 Å². The van der Waals surface area contributed by atoms with Crippen molar-refractivity contribution in [1.82, 2.24) is 15.3 Å². The first-order valence-corrected chi connectivity index (χ1v) is 8.47. The lowest BCUT2D eigenvalue weighted by atomic mass is 9.98. The Balaban J connectivity index is 1.80. The quantitative estimate of drug-likeness (QED) is 0.824. The zero-order chi connectivity index (χ0) is 16.0. The van der Waals surface area contributed by atoms with Crippen molar-refractivity contribution in [3.8, 4) is 0 Å². The second-order valence-corrected chi connectivity index (χ2v) is 7.70. The van der Waals surface area contributed by atoms with Crippen LogP contribution in [0.2, 0.25) is 0 Å². The summed E-state index contributed by atoms with van der Waals surface area (Å²) >= 11 is 1.75. The van der Waals surface area contributed by atoms with Crippen molar-refractivity contribution in [2.75, 3.05) is 13.2 Å². The van der Waals surface area contributed by atoms with Gasteiger partial charge in [-0.3, -0.25) is 4.98 Å². The van der Waals surface area contributed by atoms with Crippen LogP contribution in [0.25, 0.3) is 0 Å². The Morgan fingerprint density at radius 1 is 1.27 bits per heavy atom. The highest BCUT2D eigenvalue weighted by atomic mass is 32.1. The Morgan fingerprint density at radius 3 is 2.68 bits per heavy atom. The predicted octanol–water partition coefficient (Wildman–Crippen LogP) is 2.78. The first kappa shape index (κ1) is 17.1. The van der Waals surface area contributed by atoms with Crippen LogP contribution in [0.1, 0.15) is 36.3 Å². The van der Waals surface area contributed by atoms with E-state index in [-0.39, 0.29) is 17.9 Å². The molecule has 2 aromatic rings. The SMILES string of the molecule is CC(C)(C)c1ncc(CNCC(CO)Cc2ccccn2)s1. The molecule has 1 atom stereocenters. The Labute approximate surface area is 136 Å². The minimum Gasteiger partial charge on any atom is -0.396 e. The van der Waals surface area contributed by atoms with Crippen LogP contribution >= 0.6 is 11.3 Å². The molecule has 5 heteroatoms. The molecule has 0 fully saturated rings. The molecule has 0 aliphatic rings. The normalized spacial score (nSPS) is 13.3. The molecule has 0 amide bonds. The fourth-order valence-electron chi connectivity index (χ4n) is 2.15. The molecule has 0 bridgehead atoms. The van der Waals surface area contributed by atoms with Crippen molar-refractivity contribution in [3.63, 3.8) is 0 Å². The van der Waals surface area contributed by atoms with E-state index < -0.39 is 0 Å². The first-order valence-electron chi connectivity index (χ1n) is 7.65. The van der Waals surface area contributed by atoms with Gasteiger partial charge in [-0.2, -0.15) is 0 Å². The highest BCUT2D eigenvalue weighted by Crippen LogP contribution is 2.26. The van der Waals surface area contributed by atoms with Crippen LogP contribution in [0.5, 0.6) is 0 Å². The molecule has 2 rings (SSSR count). The van der Waals surface area contributed by atoms with E-state index in [4.69, 9.17) is 0 Å². The molecule has 2 N–H and O–H groups in total. The smallest absolute Gasteiger partial charge is 0.0981 e. The van der Waals surface area contributed by atoms with Crippen LogP contribution in [-0.4, -0.2) is 28.2 Å².